The average Bonchev–Trinajstić information content (AvgIpc) is 2.40. The smallest absolute Gasteiger partial charge is 0.242 e. The van der Waals surface area contributed by atoms with E-state index in [0.717, 1.165) is 12.8 Å². The number of nitriles is 1. The Morgan fingerprint density at radius 2 is 2.05 bits per heavy atom. The van der Waals surface area contributed by atoms with Crippen molar-refractivity contribution in [2.45, 2.75) is 42.7 Å². The normalized spacial score (nSPS) is 23.2. The van der Waals surface area contributed by atoms with Gasteiger partial charge in [0, 0.05) is 11.7 Å². The predicted molar refractivity (Wildman–Crippen MR) is 74.2 cm³/mol. The first-order chi connectivity index (χ1) is 9.44. The van der Waals surface area contributed by atoms with Crippen molar-refractivity contribution in [3.63, 3.8) is 0 Å². The van der Waals surface area contributed by atoms with Gasteiger partial charge in [-0.2, -0.15) is 5.26 Å². The zero-order chi connectivity index (χ0) is 14.8. The number of sulfonamides is 1. The number of rotatable bonds is 3. The molecular weight excluding hydrogens is 278 g/mol. The van der Waals surface area contributed by atoms with Gasteiger partial charge in [-0.25, -0.2) is 13.1 Å². The number of anilines is 1. The highest BCUT2D eigenvalue weighted by Crippen LogP contribution is 2.23. The first-order valence-corrected chi connectivity index (χ1v) is 7.92. The number of nitrogen functional groups attached to an aromatic ring is 1. The van der Waals surface area contributed by atoms with Gasteiger partial charge in [-0.15, -0.1) is 0 Å². The summed E-state index contributed by atoms with van der Waals surface area (Å²) in [6.45, 7) is 0. The van der Waals surface area contributed by atoms with Gasteiger partial charge in [-0.1, -0.05) is 12.8 Å². The molecule has 1 aliphatic rings. The Hall–Kier alpha value is -1.62. The SMILES string of the molecule is N#Cc1cc(N)ccc1S(=O)(=O)N[C@H]1CCCC[C@@H]1O. The van der Waals surface area contributed by atoms with E-state index >= 15 is 0 Å². The van der Waals surface area contributed by atoms with Crippen molar-refractivity contribution in [3.8, 4) is 6.07 Å². The average molecular weight is 295 g/mol. The summed E-state index contributed by atoms with van der Waals surface area (Å²) in [5, 5.41) is 18.9. The zero-order valence-corrected chi connectivity index (χ0v) is 11.7. The number of nitrogens with zero attached hydrogens (tertiary/aromatic N) is 1. The van der Waals surface area contributed by atoms with Gasteiger partial charge in [0.15, 0.2) is 0 Å². The summed E-state index contributed by atoms with van der Waals surface area (Å²) in [7, 11) is -3.84. The molecule has 0 unspecified atom stereocenters. The molecule has 1 aromatic carbocycles. The Balaban J connectivity index is 2.29. The number of benzene rings is 1. The molecule has 1 aliphatic carbocycles. The van der Waals surface area contributed by atoms with Crippen molar-refractivity contribution >= 4 is 15.7 Å². The van der Waals surface area contributed by atoms with Crippen LogP contribution >= 0.6 is 0 Å². The molecule has 0 radical (unpaired) electrons. The topological polar surface area (TPSA) is 116 Å². The lowest BCUT2D eigenvalue weighted by Crippen LogP contribution is -2.45. The van der Waals surface area contributed by atoms with Crippen LogP contribution in [0.4, 0.5) is 5.69 Å². The maximum atomic E-state index is 12.3. The van der Waals surface area contributed by atoms with E-state index in [1.165, 1.54) is 18.2 Å². The van der Waals surface area contributed by atoms with Crippen LogP contribution in [-0.2, 0) is 10.0 Å². The molecule has 0 amide bonds. The van der Waals surface area contributed by atoms with E-state index in [1.807, 2.05) is 6.07 Å². The number of hydrogen-bond donors (Lipinski definition) is 3. The molecule has 0 aliphatic heterocycles. The quantitative estimate of drug-likeness (QED) is 0.710. The number of aliphatic hydroxyl groups excluding tert-OH is 1. The van der Waals surface area contributed by atoms with Gasteiger partial charge in [0.2, 0.25) is 10.0 Å². The maximum absolute atomic E-state index is 12.3. The second-order valence-corrected chi connectivity index (χ2v) is 6.63. The second-order valence-electron chi connectivity index (χ2n) is 4.95. The Kier molecular flexibility index (Phi) is 4.28. The number of nitrogens with one attached hydrogen (secondary N) is 1. The van der Waals surface area contributed by atoms with Gasteiger partial charge in [-0.3, -0.25) is 0 Å². The molecule has 0 bridgehead atoms. The van der Waals surface area contributed by atoms with Crippen LogP contribution in [0.15, 0.2) is 23.1 Å². The molecule has 1 aromatic rings. The highest BCUT2D eigenvalue weighted by Gasteiger charge is 2.29. The lowest BCUT2D eigenvalue weighted by molar-refractivity contribution is 0.101. The summed E-state index contributed by atoms with van der Waals surface area (Å²) >= 11 is 0. The van der Waals surface area contributed by atoms with Crippen molar-refractivity contribution in [3.05, 3.63) is 23.8 Å². The van der Waals surface area contributed by atoms with Gasteiger partial charge < -0.3 is 10.8 Å². The van der Waals surface area contributed by atoms with Crippen LogP contribution in [0.3, 0.4) is 0 Å². The van der Waals surface area contributed by atoms with Gasteiger partial charge >= 0.3 is 0 Å². The fourth-order valence-electron chi connectivity index (χ4n) is 2.38. The van der Waals surface area contributed by atoms with Crippen LogP contribution in [0.2, 0.25) is 0 Å². The molecule has 0 aromatic heterocycles. The molecule has 2 atom stereocenters. The van der Waals surface area contributed by atoms with Crippen molar-refractivity contribution in [1.29, 1.82) is 5.26 Å². The van der Waals surface area contributed by atoms with E-state index in [1.54, 1.807) is 0 Å². The molecular formula is C13H17N3O3S. The monoisotopic (exact) mass is 295 g/mol. The predicted octanol–water partition coefficient (Wildman–Crippen LogP) is 0.722. The fourth-order valence-corrected chi connectivity index (χ4v) is 3.82. The van der Waals surface area contributed by atoms with Crippen LogP contribution in [0.1, 0.15) is 31.2 Å². The van der Waals surface area contributed by atoms with Gasteiger partial charge in [0.1, 0.15) is 6.07 Å². The summed E-state index contributed by atoms with van der Waals surface area (Å²) in [5.41, 5.74) is 5.88. The molecule has 0 heterocycles. The Morgan fingerprint density at radius 3 is 2.70 bits per heavy atom. The van der Waals surface area contributed by atoms with E-state index in [4.69, 9.17) is 11.0 Å². The highest BCUT2D eigenvalue weighted by atomic mass is 32.2. The standard InChI is InChI=1S/C13H17N3O3S/c14-8-9-7-10(15)5-6-13(9)20(18,19)16-11-3-1-2-4-12(11)17/h5-7,11-12,16-17H,1-4,15H2/t11-,12-/m0/s1. The summed E-state index contributed by atoms with van der Waals surface area (Å²) in [6, 6.07) is 5.40. The van der Waals surface area contributed by atoms with Gasteiger partial charge in [0.05, 0.1) is 16.6 Å². The molecule has 0 spiro atoms. The molecule has 108 valence electrons. The summed E-state index contributed by atoms with van der Waals surface area (Å²) in [6.07, 6.45) is 2.26. The minimum atomic E-state index is -3.84. The van der Waals surface area contributed by atoms with E-state index in [0.29, 0.717) is 18.5 Å². The maximum Gasteiger partial charge on any atom is 0.242 e. The van der Waals surface area contributed by atoms with E-state index in [9.17, 15) is 13.5 Å². The van der Waals surface area contributed by atoms with Crippen molar-refractivity contribution < 1.29 is 13.5 Å². The molecule has 7 heteroatoms. The van der Waals surface area contributed by atoms with Crippen molar-refractivity contribution in [2.24, 2.45) is 0 Å². The minimum absolute atomic E-state index is 0.00259. The highest BCUT2D eigenvalue weighted by molar-refractivity contribution is 7.89. The van der Waals surface area contributed by atoms with Crippen LogP contribution in [0.5, 0.6) is 0 Å². The third-order valence-electron chi connectivity index (χ3n) is 3.45. The Labute approximate surface area is 118 Å². The summed E-state index contributed by atoms with van der Waals surface area (Å²) < 4.78 is 27.1. The third kappa shape index (κ3) is 3.10. The first-order valence-electron chi connectivity index (χ1n) is 6.44. The van der Waals surface area contributed by atoms with Crippen LogP contribution in [0, 0.1) is 11.3 Å². The first kappa shape index (κ1) is 14.8. The molecule has 2 rings (SSSR count). The number of hydrogen-bond acceptors (Lipinski definition) is 5. The zero-order valence-electron chi connectivity index (χ0n) is 10.9. The molecule has 4 N–H and O–H groups in total. The van der Waals surface area contributed by atoms with E-state index < -0.39 is 22.2 Å². The van der Waals surface area contributed by atoms with Gasteiger partial charge in [-0.05, 0) is 31.0 Å². The van der Waals surface area contributed by atoms with E-state index in [-0.39, 0.29) is 10.5 Å². The van der Waals surface area contributed by atoms with Crippen LogP contribution in [-0.4, -0.2) is 25.7 Å². The number of aliphatic hydroxyl groups is 1. The molecule has 0 saturated heterocycles. The lowest BCUT2D eigenvalue weighted by Gasteiger charge is -2.28. The minimum Gasteiger partial charge on any atom is -0.399 e. The van der Waals surface area contributed by atoms with Gasteiger partial charge in [0.25, 0.3) is 0 Å². The third-order valence-corrected chi connectivity index (χ3v) is 5.00. The van der Waals surface area contributed by atoms with Crippen LogP contribution in [0.25, 0.3) is 0 Å². The van der Waals surface area contributed by atoms with E-state index in [2.05, 4.69) is 4.72 Å². The largest absolute Gasteiger partial charge is 0.399 e. The van der Waals surface area contributed by atoms with Crippen molar-refractivity contribution in [2.75, 3.05) is 5.73 Å². The molecule has 20 heavy (non-hydrogen) atoms. The molecule has 1 fully saturated rings. The van der Waals surface area contributed by atoms with Crippen LogP contribution < -0.4 is 10.5 Å². The molecule has 1 saturated carbocycles. The summed E-state index contributed by atoms with van der Waals surface area (Å²) in [4.78, 5) is -0.105. The number of nitrogens with two attached hydrogens (primary N) is 1. The lowest BCUT2D eigenvalue weighted by atomic mass is 9.93. The second kappa shape index (κ2) is 5.79. The summed E-state index contributed by atoms with van der Waals surface area (Å²) in [5.74, 6) is 0. The van der Waals surface area contributed by atoms with Crippen molar-refractivity contribution in [1.82, 2.24) is 4.72 Å². The fraction of sp³-hybridized carbons (Fsp3) is 0.462. The molecule has 6 nitrogen and oxygen atoms in total. The Morgan fingerprint density at radius 1 is 1.35 bits per heavy atom. The Bertz CT molecular complexity index is 637.